The second-order valence-corrected chi connectivity index (χ2v) is 17.5. The Balaban J connectivity index is 1.08. The zero-order valence-electron chi connectivity index (χ0n) is 36.7. The zero-order valence-corrected chi connectivity index (χ0v) is 36.7. The van der Waals surface area contributed by atoms with Crippen LogP contribution in [0, 0.1) is 23.0 Å². The van der Waals surface area contributed by atoms with Gasteiger partial charge in [0.05, 0.1) is 6.04 Å². The van der Waals surface area contributed by atoms with Gasteiger partial charge in [-0.3, -0.25) is 14.4 Å². The van der Waals surface area contributed by atoms with Gasteiger partial charge < -0.3 is 35.3 Å². The Morgan fingerprint density at radius 3 is 2.06 bits per heavy atom. The van der Waals surface area contributed by atoms with Crippen molar-refractivity contribution >= 4 is 23.8 Å². The van der Waals surface area contributed by atoms with Crippen molar-refractivity contribution in [3.8, 4) is 22.3 Å². The number of benzene rings is 4. The van der Waals surface area contributed by atoms with Gasteiger partial charge in [-0.05, 0) is 76.8 Å². The van der Waals surface area contributed by atoms with E-state index >= 15 is 4.39 Å². The highest BCUT2D eigenvalue weighted by atomic mass is 19.1. The molecule has 0 radical (unpaired) electrons. The van der Waals surface area contributed by atoms with Gasteiger partial charge in [-0.25, -0.2) is 13.6 Å². The van der Waals surface area contributed by atoms with E-state index in [1.165, 1.54) is 6.92 Å². The minimum Gasteiger partial charge on any atom is -0.449 e. The van der Waals surface area contributed by atoms with E-state index in [-0.39, 0.29) is 43.5 Å². The molecule has 332 valence electrons. The molecule has 6 rings (SSSR count). The highest BCUT2D eigenvalue weighted by molar-refractivity contribution is 5.91. The first-order chi connectivity index (χ1) is 30.1. The van der Waals surface area contributed by atoms with Crippen molar-refractivity contribution < 1.29 is 37.8 Å². The molecule has 1 aliphatic carbocycles. The smallest absolute Gasteiger partial charge is 0.407 e. The third kappa shape index (κ3) is 11.0. The number of ether oxygens (including phenoxy) is 1. The first kappa shape index (κ1) is 46.2. The third-order valence-electron chi connectivity index (χ3n) is 11.4. The van der Waals surface area contributed by atoms with Crippen LogP contribution in [0.4, 0.5) is 13.6 Å². The second kappa shape index (κ2) is 20.2. The highest BCUT2D eigenvalue weighted by Crippen LogP contribution is 2.45. The fourth-order valence-electron chi connectivity index (χ4n) is 8.39. The summed E-state index contributed by atoms with van der Waals surface area (Å²) in [5.74, 6) is -3.23. The summed E-state index contributed by atoms with van der Waals surface area (Å²) in [4.78, 5) is 54.9. The number of halogens is 2. The van der Waals surface area contributed by atoms with Crippen LogP contribution >= 0.6 is 0 Å². The molecular formula is C50H57F2N5O6. The maximum atomic E-state index is 15.1. The number of aromatic nitrogens is 1. The Kier molecular flexibility index (Phi) is 14.8. The lowest BCUT2D eigenvalue weighted by atomic mass is 9.83. The Labute approximate surface area is 367 Å². The number of aliphatic hydroxyl groups excluding tert-OH is 1. The molecule has 13 heteroatoms. The van der Waals surface area contributed by atoms with Gasteiger partial charge in [0.2, 0.25) is 17.7 Å². The van der Waals surface area contributed by atoms with E-state index in [1.54, 1.807) is 31.0 Å². The van der Waals surface area contributed by atoms with Crippen LogP contribution in [0.15, 0.2) is 109 Å². The lowest BCUT2D eigenvalue weighted by molar-refractivity contribution is -0.139. The molecule has 11 nitrogen and oxygen atoms in total. The molecule has 0 bridgehead atoms. The maximum absolute atomic E-state index is 15.1. The van der Waals surface area contributed by atoms with Crippen molar-refractivity contribution in [2.45, 2.75) is 78.6 Å². The maximum Gasteiger partial charge on any atom is 0.407 e. The van der Waals surface area contributed by atoms with Crippen LogP contribution in [0.5, 0.6) is 0 Å². The average molecular weight is 862 g/mol. The predicted molar refractivity (Wildman–Crippen MR) is 238 cm³/mol. The summed E-state index contributed by atoms with van der Waals surface area (Å²) in [5.41, 5.74) is 5.82. The molecule has 5 aromatic rings. The van der Waals surface area contributed by atoms with Crippen LogP contribution in [0.2, 0.25) is 0 Å². The summed E-state index contributed by atoms with van der Waals surface area (Å²) in [6, 6.07) is 28.0. The Morgan fingerprint density at radius 1 is 0.810 bits per heavy atom. The number of rotatable bonds is 17. The number of carbonyl (C=O) groups is 4. The molecule has 1 aromatic heterocycles. The SMILES string of the molecule is CC(NC(=O)C(NC(=O)OCC1c2ccccc2-c2ccccc21)C(C)C)C(=O)NCCCN(C(=O)CO)C(c1cc(-c2cc(F)ccc2F)cn1Cc1ccccc1)C(C)(C)C. The van der Waals surface area contributed by atoms with Gasteiger partial charge in [0, 0.05) is 48.6 Å². The number of nitrogens with zero attached hydrogens (tertiary/aromatic N) is 2. The molecule has 0 aliphatic heterocycles. The number of nitrogens with one attached hydrogen (secondary N) is 3. The summed E-state index contributed by atoms with van der Waals surface area (Å²) in [6.07, 6.45) is 1.28. The van der Waals surface area contributed by atoms with Gasteiger partial charge in [0.1, 0.15) is 36.9 Å². The van der Waals surface area contributed by atoms with Gasteiger partial charge >= 0.3 is 6.09 Å². The molecule has 4 aromatic carbocycles. The molecule has 0 saturated heterocycles. The van der Waals surface area contributed by atoms with Gasteiger partial charge in [0.25, 0.3) is 0 Å². The van der Waals surface area contributed by atoms with E-state index in [9.17, 15) is 28.7 Å². The molecular weight excluding hydrogens is 805 g/mol. The van der Waals surface area contributed by atoms with Crippen molar-refractivity contribution in [2.24, 2.45) is 11.3 Å². The molecule has 3 atom stereocenters. The predicted octanol–water partition coefficient (Wildman–Crippen LogP) is 7.96. The van der Waals surface area contributed by atoms with E-state index in [0.717, 1.165) is 46.0 Å². The van der Waals surface area contributed by atoms with Crippen LogP contribution < -0.4 is 16.0 Å². The van der Waals surface area contributed by atoms with Crippen LogP contribution in [0.3, 0.4) is 0 Å². The molecule has 0 spiro atoms. The fraction of sp³-hybridized carbons (Fsp3) is 0.360. The summed E-state index contributed by atoms with van der Waals surface area (Å²) in [6.45, 7) is 10.9. The van der Waals surface area contributed by atoms with Crippen molar-refractivity contribution in [3.63, 3.8) is 0 Å². The topological polar surface area (TPSA) is 142 Å². The van der Waals surface area contributed by atoms with Crippen LogP contribution in [-0.2, 0) is 25.7 Å². The average Bonchev–Trinajstić information content (AvgIpc) is 3.81. The van der Waals surface area contributed by atoms with Crippen molar-refractivity contribution in [1.82, 2.24) is 25.4 Å². The van der Waals surface area contributed by atoms with Gasteiger partial charge in [-0.2, -0.15) is 0 Å². The number of carbonyl (C=O) groups excluding carboxylic acids is 4. The van der Waals surface area contributed by atoms with Gasteiger partial charge in [-0.1, -0.05) is 113 Å². The third-order valence-corrected chi connectivity index (χ3v) is 11.4. The van der Waals surface area contributed by atoms with E-state index in [0.29, 0.717) is 17.8 Å². The Morgan fingerprint density at radius 2 is 1.44 bits per heavy atom. The molecule has 4 amide bonds. The lowest BCUT2D eigenvalue weighted by Crippen LogP contribution is -2.54. The van der Waals surface area contributed by atoms with Gasteiger partial charge in [-0.15, -0.1) is 0 Å². The minimum atomic E-state index is -0.984. The summed E-state index contributed by atoms with van der Waals surface area (Å²) in [5, 5.41) is 18.4. The van der Waals surface area contributed by atoms with E-state index in [1.807, 2.05) is 104 Å². The summed E-state index contributed by atoms with van der Waals surface area (Å²) in [7, 11) is 0. The Bertz CT molecular complexity index is 2370. The normalized spacial score (nSPS) is 13.7. The van der Waals surface area contributed by atoms with Crippen molar-refractivity contribution in [3.05, 3.63) is 143 Å². The monoisotopic (exact) mass is 861 g/mol. The van der Waals surface area contributed by atoms with Crippen LogP contribution in [0.25, 0.3) is 22.3 Å². The largest absolute Gasteiger partial charge is 0.449 e. The van der Waals surface area contributed by atoms with E-state index in [2.05, 4.69) is 16.0 Å². The first-order valence-electron chi connectivity index (χ1n) is 21.4. The number of alkyl carbamates (subject to hydrolysis) is 1. The highest BCUT2D eigenvalue weighted by Gasteiger charge is 2.37. The fourth-order valence-corrected chi connectivity index (χ4v) is 8.39. The molecule has 4 N–H and O–H groups in total. The quantitative estimate of drug-likeness (QED) is 0.0700. The van der Waals surface area contributed by atoms with Crippen molar-refractivity contribution in [2.75, 3.05) is 26.3 Å². The van der Waals surface area contributed by atoms with Gasteiger partial charge in [0.15, 0.2) is 0 Å². The van der Waals surface area contributed by atoms with E-state index < -0.39 is 65.6 Å². The lowest BCUT2D eigenvalue weighted by Gasteiger charge is -2.41. The number of aliphatic hydroxyl groups is 1. The van der Waals surface area contributed by atoms with Crippen LogP contribution in [0.1, 0.15) is 82.3 Å². The standard InChI is InChI=1S/C50H57F2N5O6/c1-31(2)45(55-49(62)63-30-41-38-19-12-10-17-36(38)37-18-11-13-20-39(37)41)48(61)54-32(3)47(60)53-23-14-24-57(44(59)29-58)46(50(4,5)6)43-25-34(40-26-35(51)21-22-42(40)52)28-56(43)27-33-15-8-7-9-16-33/h7-13,15-22,25-26,28,31-32,41,45-46,58H,14,23-24,27,29-30H2,1-6H3,(H,53,60)(H,54,61)(H,55,62). The number of hydrogen-bond donors (Lipinski definition) is 4. The first-order valence-corrected chi connectivity index (χ1v) is 21.4. The second-order valence-electron chi connectivity index (χ2n) is 17.5. The van der Waals surface area contributed by atoms with Crippen molar-refractivity contribution in [1.29, 1.82) is 0 Å². The minimum absolute atomic E-state index is 0.0763. The molecule has 3 unspecified atom stereocenters. The number of fused-ring (bicyclic) bond motifs is 3. The summed E-state index contributed by atoms with van der Waals surface area (Å²) < 4.78 is 37.1. The number of amides is 4. The summed E-state index contributed by atoms with van der Waals surface area (Å²) >= 11 is 0. The van der Waals surface area contributed by atoms with E-state index in [4.69, 9.17) is 4.74 Å². The molecule has 1 aliphatic rings. The molecule has 63 heavy (non-hydrogen) atoms. The van der Waals surface area contributed by atoms with Crippen LogP contribution in [-0.4, -0.2) is 76.8 Å². The molecule has 0 fully saturated rings. The molecule has 1 heterocycles. The molecule has 0 saturated carbocycles. The zero-order chi connectivity index (χ0) is 45.4. The Hall–Kier alpha value is -6.34. The number of hydrogen-bond acceptors (Lipinski definition) is 6.